The van der Waals surface area contributed by atoms with Crippen LogP contribution in [0.25, 0.3) is 0 Å². The van der Waals surface area contributed by atoms with Crippen LogP contribution in [0.2, 0.25) is 5.02 Å². The van der Waals surface area contributed by atoms with E-state index >= 15 is 0 Å². The highest BCUT2D eigenvalue weighted by atomic mass is 35.5. The van der Waals surface area contributed by atoms with Gasteiger partial charge in [-0.1, -0.05) is 41.9 Å². The van der Waals surface area contributed by atoms with Gasteiger partial charge in [0.1, 0.15) is 5.82 Å². The van der Waals surface area contributed by atoms with Crippen LogP contribution in [0.5, 0.6) is 0 Å². The fourth-order valence-electron chi connectivity index (χ4n) is 3.25. The van der Waals surface area contributed by atoms with Gasteiger partial charge in [0.2, 0.25) is 5.91 Å². The number of likely N-dealkylation sites (tertiary alicyclic amines) is 1. The number of nitrogens with zero attached hydrogens (tertiary/aromatic N) is 1. The second kappa shape index (κ2) is 8.45. The quantitative estimate of drug-likeness (QED) is 0.879. The molecule has 1 atom stereocenters. The summed E-state index contributed by atoms with van der Waals surface area (Å²) in [6.07, 6.45) is 2.31. The topological polar surface area (TPSA) is 32.3 Å². The Morgan fingerprint density at radius 3 is 2.72 bits per heavy atom. The summed E-state index contributed by atoms with van der Waals surface area (Å²) in [6.45, 7) is 2.26. The van der Waals surface area contributed by atoms with Gasteiger partial charge in [0, 0.05) is 29.7 Å². The molecule has 1 saturated heterocycles. The zero-order chi connectivity index (χ0) is 17.6. The van der Waals surface area contributed by atoms with E-state index in [0.29, 0.717) is 23.6 Å². The van der Waals surface area contributed by atoms with Crippen molar-refractivity contribution in [2.45, 2.75) is 31.8 Å². The maximum absolute atomic E-state index is 13.8. The van der Waals surface area contributed by atoms with E-state index in [0.717, 1.165) is 31.5 Å². The van der Waals surface area contributed by atoms with E-state index in [1.807, 2.05) is 24.3 Å². The van der Waals surface area contributed by atoms with Crippen molar-refractivity contribution in [3.05, 3.63) is 70.5 Å². The van der Waals surface area contributed by atoms with Crippen LogP contribution in [0.15, 0.2) is 48.5 Å². The van der Waals surface area contributed by atoms with E-state index < -0.39 is 0 Å². The zero-order valence-electron chi connectivity index (χ0n) is 14.1. The third kappa shape index (κ3) is 5.28. The summed E-state index contributed by atoms with van der Waals surface area (Å²) in [7, 11) is 0. The lowest BCUT2D eigenvalue weighted by molar-refractivity contribution is -0.121. The molecule has 0 aromatic heterocycles. The van der Waals surface area contributed by atoms with Gasteiger partial charge in [-0.25, -0.2) is 4.39 Å². The number of halogens is 2. The molecule has 1 aliphatic heterocycles. The highest BCUT2D eigenvalue weighted by Crippen LogP contribution is 2.16. The van der Waals surface area contributed by atoms with Crippen LogP contribution in [0, 0.1) is 5.82 Å². The molecule has 0 bridgehead atoms. The molecule has 5 heteroatoms. The summed E-state index contributed by atoms with van der Waals surface area (Å²) in [5.41, 5.74) is 1.65. The zero-order valence-corrected chi connectivity index (χ0v) is 14.8. The van der Waals surface area contributed by atoms with Crippen molar-refractivity contribution in [3.8, 4) is 0 Å². The second-order valence-electron chi connectivity index (χ2n) is 6.54. The van der Waals surface area contributed by atoms with Crippen molar-refractivity contribution < 1.29 is 9.18 Å². The van der Waals surface area contributed by atoms with Crippen LogP contribution in [-0.2, 0) is 17.8 Å². The Kier molecular flexibility index (Phi) is 6.05. The Labute approximate surface area is 152 Å². The number of hydrogen-bond acceptors (Lipinski definition) is 2. The molecule has 3 rings (SSSR count). The van der Waals surface area contributed by atoms with E-state index in [1.165, 1.54) is 6.07 Å². The number of piperidine rings is 1. The van der Waals surface area contributed by atoms with Gasteiger partial charge >= 0.3 is 0 Å². The van der Waals surface area contributed by atoms with Crippen LogP contribution < -0.4 is 5.32 Å². The first-order valence-electron chi connectivity index (χ1n) is 8.60. The maximum Gasteiger partial charge on any atom is 0.224 e. The number of hydrogen-bond donors (Lipinski definition) is 1. The van der Waals surface area contributed by atoms with Gasteiger partial charge in [0.05, 0.1) is 6.42 Å². The van der Waals surface area contributed by atoms with Crippen LogP contribution in [0.1, 0.15) is 24.0 Å². The van der Waals surface area contributed by atoms with E-state index in [2.05, 4.69) is 10.2 Å². The summed E-state index contributed by atoms with van der Waals surface area (Å²) in [4.78, 5) is 14.5. The SMILES string of the molecule is O=C(Cc1ccc(Cl)cc1)NC1CCCN(Cc2ccccc2F)C1. The van der Waals surface area contributed by atoms with Crippen LogP contribution in [0.4, 0.5) is 4.39 Å². The van der Waals surface area contributed by atoms with Gasteiger partial charge in [-0.3, -0.25) is 9.69 Å². The normalized spacial score (nSPS) is 18.1. The number of benzene rings is 2. The first-order valence-corrected chi connectivity index (χ1v) is 8.97. The standard InChI is InChI=1S/C20H22ClFN2O/c21-17-9-7-15(8-10-17)12-20(25)23-18-5-3-11-24(14-18)13-16-4-1-2-6-19(16)22/h1-2,4,6-10,18H,3,5,11-14H2,(H,23,25). The molecule has 0 aliphatic carbocycles. The number of nitrogens with one attached hydrogen (secondary N) is 1. The van der Waals surface area contributed by atoms with Crippen LogP contribution in [0.3, 0.4) is 0 Å². The number of rotatable bonds is 5. The second-order valence-corrected chi connectivity index (χ2v) is 6.97. The summed E-state index contributed by atoms with van der Waals surface area (Å²) in [5, 5.41) is 3.77. The molecule has 132 valence electrons. The van der Waals surface area contributed by atoms with Crippen LogP contribution >= 0.6 is 11.6 Å². The Morgan fingerprint density at radius 1 is 1.20 bits per heavy atom. The predicted molar refractivity (Wildman–Crippen MR) is 98.0 cm³/mol. The first-order chi connectivity index (χ1) is 12.1. The Bertz CT molecular complexity index is 720. The molecule has 1 fully saturated rings. The molecule has 1 amide bonds. The highest BCUT2D eigenvalue weighted by Gasteiger charge is 2.22. The molecule has 2 aromatic carbocycles. The lowest BCUT2D eigenvalue weighted by atomic mass is 10.0. The molecule has 1 heterocycles. The predicted octanol–water partition coefficient (Wildman–Crippen LogP) is 3.80. The van der Waals surface area contributed by atoms with Gasteiger partial charge in [-0.05, 0) is 43.1 Å². The monoisotopic (exact) mass is 360 g/mol. The van der Waals surface area contributed by atoms with Crippen molar-refractivity contribution in [1.82, 2.24) is 10.2 Å². The largest absolute Gasteiger partial charge is 0.352 e. The van der Waals surface area contributed by atoms with E-state index in [9.17, 15) is 9.18 Å². The molecular weight excluding hydrogens is 339 g/mol. The van der Waals surface area contributed by atoms with Crippen molar-refractivity contribution in [2.24, 2.45) is 0 Å². The molecule has 2 aromatic rings. The van der Waals surface area contributed by atoms with E-state index in [1.54, 1.807) is 18.2 Å². The van der Waals surface area contributed by atoms with Gasteiger partial charge in [-0.2, -0.15) is 0 Å². The minimum Gasteiger partial charge on any atom is -0.352 e. The third-order valence-corrected chi connectivity index (χ3v) is 4.75. The molecule has 0 saturated carbocycles. The number of amides is 1. The minimum atomic E-state index is -0.170. The molecule has 1 aliphatic rings. The van der Waals surface area contributed by atoms with Crippen molar-refractivity contribution in [2.75, 3.05) is 13.1 Å². The summed E-state index contributed by atoms with van der Waals surface area (Å²) >= 11 is 5.86. The number of carbonyl (C=O) groups is 1. The Hall–Kier alpha value is -1.91. The molecule has 1 N–H and O–H groups in total. The average Bonchev–Trinajstić information content (AvgIpc) is 2.59. The summed E-state index contributed by atoms with van der Waals surface area (Å²) < 4.78 is 13.8. The maximum atomic E-state index is 13.8. The smallest absolute Gasteiger partial charge is 0.224 e. The Balaban J connectivity index is 1.52. The lowest BCUT2D eigenvalue weighted by Crippen LogP contribution is -2.47. The van der Waals surface area contributed by atoms with Gasteiger partial charge in [0.25, 0.3) is 0 Å². The molecule has 25 heavy (non-hydrogen) atoms. The lowest BCUT2D eigenvalue weighted by Gasteiger charge is -2.33. The van der Waals surface area contributed by atoms with Crippen molar-refractivity contribution >= 4 is 17.5 Å². The summed E-state index contributed by atoms with van der Waals surface area (Å²) in [6, 6.07) is 14.3. The fraction of sp³-hybridized carbons (Fsp3) is 0.350. The summed E-state index contributed by atoms with van der Waals surface area (Å²) in [5.74, 6) is -0.156. The molecule has 3 nitrogen and oxygen atoms in total. The van der Waals surface area contributed by atoms with Crippen molar-refractivity contribution in [1.29, 1.82) is 0 Å². The van der Waals surface area contributed by atoms with Gasteiger partial charge in [-0.15, -0.1) is 0 Å². The number of carbonyl (C=O) groups excluding carboxylic acids is 1. The molecular formula is C20H22ClFN2O. The van der Waals surface area contributed by atoms with Crippen LogP contribution in [-0.4, -0.2) is 29.9 Å². The Morgan fingerprint density at radius 2 is 1.96 bits per heavy atom. The molecule has 0 spiro atoms. The van der Waals surface area contributed by atoms with E-state index in [4.69, 9.17) is 11.6 Å². The molecule has 0 radical (unpaired) electrons. The first kappa shape index (κ1) is 17.9. The van der Waals surface area contributed by atoms with Crippen molar-refractivity contribution in [3.63, 3.8) is 0 Å². The average molecular weight is 361 g/mol. The fourth-order valence-corrected chi connectivity index (χ4v) is 3.38. The van der Waals surface area contributed by atoms with Gasteiger partial charge < -0.3 is 5.32 Å². The third-order valence-electron chi connectivity index (χ3n) is 4.50. The van der Waals surface area contributed by atoms with E-state index in [-0.39, 0.29) is 17.8 Å². The molecule has 1 unspecified atom stereocenters. The van der Waals surface area contributed by atoms with Gasteiger partial charge in [0.15, 0.2) is 0 Å². The minimum absolute atomic E-state index is 0.0139. The highest BCUT2D eigenvalue weighted by molar-refractivity contribution is 6.30.